The minimum absolute atomic E-state index is 0.322. The highest BCUT2D eigenvalue weighted by Gasteiger charge is 2.41. The average molecular weight is 230 g/mol. The smallest absolute Gasteiger partial charge is 0.0505 e. The first-order valence-corrected chi connectivity index (χ1v) is 6.90. The summed E-state index contributed by atoms with van der Waals surface area (Å²) >= 11 is 0. The van der Waals surface area contributed by atoms with Gasteiger partial charge in [-0.2, -0.15) is 0 Å². The molecule has 2 aliphatic rings. The molecule has 0 aromatic heterocycles. The van der Waals surface area contributed by atoms with E-state index < -0.39 is 0 Å². The second kappa shape index (κ2) is 4.43. The van der Waals surface area contributed by atoms with E-state index in [1.807, 2.05) is 0 Å². The SMILES string of the molecule is CCc1ccccc1C1C(N)CCN1C1CC1. The lowest BCUT2D eigenvalue weighted by Crippen LogP contribution is -2.33. The molecule has 0 spiro atoms. The van der Waals surface area contributed by atoms with Crippen molar-refractivity contribution in [1.82, 2.24) is 4.90 Å². The van der Waals surface area contributed by atoms with Gasteiger partial charge in [0.05, 0.1) is 6.04 Å². The fraction of sp³-hybridized carbons (Fsp3) is 0.600. The van der Waals surface area contributed by atoms with Crippen LogP contribution in [0.25, 0.3) is 0 Å². The molecule has 1 aromatic carbocycles. The summed E-state index contributed by atoms with van der Waals surface area (Å²) in [6.45, 7) is 3.43. The molecule has 0 radical (unpaired) electrons. The Kier molecular flexibility index (Phi) is 2.93. The van der Waals surface area contributed by atoms with Crippen molar-refractivity contribution in [3.63, 3.8) is 0 Å². The lowest BCUT2D eigenvalue weighted by Gasteiger charge is -2.28. The summed E-state index contributed by atoms with van der Waals surface area (Å²) in [6, 6.07) is 10.4. The summed E-state index contributed by atoms with van der Waals surface area (Å²) in [5.74, 6) is 0. The van der Waals surface area contributed by atoms with Crippen LogP contribution in [-0.4, -0.2) is 23.5 Å². The largest absolute Gasteiger partial charge is 0.326 e. The Hall–Kier alpha value is -0.860. The Morgan fingerprint density at radius 2 is 2.00 bits per heavy atom. The predicted molar refractivity (Wildman–Crippen MR) is 70.9 cm³/mol. The van der Waals surface area contributed by atoms with E-state index >= 15 is 0 Å². The van der Waals surface area contributed by atoms with E-state index in [-0.39, 0.29) is 0 Å². The molecule has 2 atom stereocenters. The van der Waals surface area contributed by atoms with E-state index in [0.29, 0.717) is 12.1 Å². The van der Waals surface area contributed by atoms with Gasteiger partial charge in [-0.15, -0.1) is 0 Å². The van der Waals surface area contributed by atoms with E-state index in [1.165, 1.54) is 30.5 Å². The van der Waals surface area contributed by atoms with Crippen LogP contribution in [0.4, 0.5) is 0 Å². The summed E-state index contributed by atoms with van der Waals surface area (Å²) < 4.78 is 0. The minimum atomic E-state index is 0.322. The highest BCUT2D eigenvalue weighted by molar-refractivity contribution is 5.32. The molecule has 2 N–H and O–H groups in total. The van der Waals surface area contributed by atoms with Gasteiger partial charge in [0.15, 0.2) is 0 Å². The summed E-state index contributed by atoms with van der Waals surface area (Å²) in [5, 5.41) is 0. The molecule has 3 rings (SSSR count). The second-order valence-corrected chi connectivity index (χ2v) is 5.42. The van der Waals surface area contributed by atoms with Crippen LogP contribution in [-0.2, 0) is 6.42 Å². The third-order valence-corrected chi connectivity index (χ3v) is 4.25. The zero-order chi connectivity index (χ0) is 11.8. The molecule has 1 heterocycles. The van der Waals surface area contributed by atoms with Crippen molar-refractivity contribution >= 4 is 0 Å². The summed E-state index contributed by atoms with van der Waals surface area (Å²) in [5.41, 5.74) is 9.30. The topological polar surface area (TPSA) is 29.3 Å². The highest BCUT2D eigenvalue weighted by atomic mass is 15.2. The lowest BCUT2D eigenvalue weighted by atomic mass is 9.94. The van der Waals surface area contributed by atoms with Crippen LogP contribution in [0.2, 0.25) is 0 Å². The summed E-state index contributed by atoms with van der Waals surface area (Å²) in [4.78, 5) is 2.65. The van der Waals surface area contributed by atoms with Crippen LogP contribution >= 0.6 is 0 Å². The van der Waals surface area contributed by atoms with Gasteiger partial charge in [-0.3, -0.25) is 4.90 Å². The molecule has 2 fully saturated rings. The van der Waals surface area contributed by atoms with Crippen molar-refractivity contribution in [2.45, 2.75) is 50.7 Å². The first-order valence-electron chi connectivity index (χ1n) is 6.90. The van der Waals surface area contributed by atoms with Crippen molar-refractivity contribution in [2.75, 3.05) is 6.54 Å². The van der Waals surface area contributed by atoms with Gasteiger partial charge in [0.25, 0.3) is 0 Å². The number of aryl methyl sites for hydroxylation is 1. The van der Waals surface area contributed by atoms with Gasteiger partial charge in [-0.1, -0.05) is 31.2 Å². The summed E-state index contributed by atoms with van der Waals surface area (Å²) in [6.07, 6.45) is 5.01. The first kappa shape index (κ1) is 11.2. The second-order valence-electron chi connectivity index (χ2n) is 5.42. The average Bonchev–Trinajstić information content (AvgIpc) is 3.13. The van der Waals surface area contributed by atoms with Crippen LogP contribution in [0.1, 0.15) is 43.4 Å². The Labute approximate surface area is 104 Å². The number of nitrogens with zero attached hydrogens (tertiary/aromatic N) is 1. The van der Waals surface area contributed by atoms with Gasteiger partial charge >= 0.3 is 0 Å². The molecule has 2 nitrogen and oxygen atoms in total. The normalized spacial score (nSPS) is 29.8. The molecule has 1 saturated carbocycles. The molecule has 92 valence electrons. The minimum Gasteiger partial charge on any atom is -0.326 e. The van der Waals surface area contributed by atoms with Crippen LogP contribution in [0.3, 0.4) is 0 Å². The van der Waals surface area contributed by atoms with Gasteiger partial charge < -0.3 is 5.73 Å². The zero-order valence-corrected chi connectivity index (χ0v) is 10.6. The maximum Gasteiger partial charge on any atom is 0.0505 e. The maximum atomic E-state index is 6.35. The van der Waals surface area contributed by atoms with Crippen molar-refractivity contribution in [1.29, 1.82) is 0 Å². The zero-order valence-electron chi connectivity index (χ0n) is 10.6. The van der Waals surface area contributed by atoms with Crippen molar-refractivity contribution in [2.24, 2.45) is 5.73 Å². The fourth-order valence-corrected chi connectivity index (χ4v) is 3.21. The Morgan fingerprint density at radius 1 is 1.24 bits per heavy atom. The molecule has 1 aliphatic carbocycles. The third-order valence-electron chi connectivity index (χ3n) is 4.25. The number of benzene rings is 1. The van der Waals surface area contributed by atoms with Crippen LogP contribution in [0.15, 0.2) is 24.3 Å². The molecular formula is C15H22N2. The Morgan fingerprint density at radius 3 is 2.71 bits per heavy atom. The molecular weight excluding hydrogens is 208 g/mol. The van der Waals surface area contributed by atoms with Gasteiger partial charge in [-0.05, 0) is 36.8 Å². The van der Waals surface area contributed by atoms with Crippen molar-refractivity contribution in [3.8, 4) is 0 Å². The van der Waals surface area contributed by atoms with Crippen LogP contribution in [0, 0.1) is 0 Å². The van der Waals surface area contributed by atoms with E-state index in [4.69, 9.17) is 5.73 Å². The first-order chi connectivity index (χ1) is 8.31. The number of hydrogen-bond acceptors (Lipinski definition) is 2. The fourth-order valence-electron chi connectivity index (χ4n) is 3.21. The number of likely N-dealkylation sites (tertiary alicyclic amines) is 1. The van der Waals surface area contributed by atoms with Crippen molar-refractivity contribution < 1.29 is 0 Å². The van der Waals surface area contributed by atoms with Crippen molar-refractivity contribution in [3.05, 3.63) is 35.4 Å². The van der Waals surface area contributed by atoms with Crippen LogP contribution in [0.5, 0.6) is 0 Å². The molecule has 1 aromatic rings. The standard InChI is InChI=1S/C15H22N2/c1-2-11-5-3-4-6-13(11)15-14(16)9-10-17(15)12-7-8-12/h3-6,12,14-15H,2,7-10,16H2,1H3. The Balaban J connectivity index is 1.94. The third kappa shape index (κ3) is 2.00. The monoisotopic (exact) mass is 230 g/mol. The molecule has 0 amide bonds. The van der Waals surface area contributed by atoms with Gasteiger partial charge in [0.1, 0.15) is 0 Å². The number of hydrogen-bond donors (Lipinski definition) is 1. The summed E-state index contributed by atoms with van der Waals surface area (Å²) in [7, 11) is 0. The lowest BCUT2D eigenvalue weighted by molar-refractivity contribution is 0.236. The number of rotatable bonds is 3. The molecule has 2 unspecified atom stereocenters. The van der Waals surface area contributed by atoms with Gasteiger partial charge in [0.2, 0.25) is 0 Å². The molecule has 1 aliphatic heterocycles. The molecule has 1 saturated heterocycles. The van der Waals surface area contributed by atoms with E-state index in [1.54, 1.807) is 0 Å². The van der Waals surface area contributed by atoms with Gasteiger partial charge in [-0.25, -0.2) is 0 Å². The predicted octanol–water partition coefficient (Wildman–Crippen LogP) is 2.49. The molecule has 2 heteroatoms. The molecule has 17 heavy (non-hydrogen) atoms. The quantitative estimate of drug-likeness (QED) is 0.864. The van der Waals surface area contributed by atoms with E-state index in [2.05, 4.69) is 36.1 Å². The maximum absolute atomic E-state index is 6.35. The number of nitrogens with two attached hydrogens (primary N) is 1. The Bertz CT molecular complexity index is 398. The van der Waals surface area contributed by atoms with Gasteiger partial charge in [0, 0.05) is 18.6 Å². The molecule has 0 bridgehead atoms. The highest BCUT2D eigenvalue weighted by Crippen LogP contribution is 2.41. The van der Waals surface area contributed by atoms with Crippen LogP contribution < -0.4 is 5.73 Å². The van der Waals surface area contributed by atoms with E-state index in [0.717, 1.165) is 18.9 Å². The van der Waals surface area contributed by atoms with E-state index in [9.17, 15) is 0 Å².